The number of carbonyl (C=O) groups excluding carboxylic acids is 2. The molecule has 1 aromatic heterocycles. The van der Waals surface area contributed by atoms with Gasteiger partial charge in [0.05, 0.1) is 26.3 Å². The van der Waals surface area contributed by atoms with Crippen LogP contribution in [0.3, 0.4) is 0 Å². The number of halogens is 1. The van der Waals surface area contributed by atoms with Crippen molar-refractivity contribution in [1.82, 2.24) is 5.32 Å². The molecule has 0 aliphatic heterocycles. The lowest BCUT2D eigenvalue weighted by molar-refractivity contribution is -0.127. The number of amides is 2. The second kappa shape index (κ2) is 12.0. The first-order valence-corrected chi connectivity index (χ1v) is 13.1. The molecule has 190 valence electrons. The first-order chi connectivity index (χ1) is 17.5. The van der Waals surface area contributed by atoms with Crippen LogP contribution >= 0.6 is 11.3 Å². The van der Waals surface area contributed by atoms with E-state index in [2.05, 4.69) is 5.32 Å². The summed E-state index contributed by atoms with van der Waals surface area (Å²) in [5.74, 6) is -0.0326. The molecule has 3 aromatic rings. The van der Waals surface area contributed by atoms with Gasteiger partial charge in [-0.2, -0.15) is 11.3 Å². The molecule has 0 saturated heterocycles. The molecule has 1 saturated carbocycles. The summed E-state index contributed by atoms with van der Waals surface area (Å²) in [6, 6.07) is 11.8. The molecule has 1 unspecified atom stereocenters. The average Bonchev–Trinajstić information content (AvgIpc) is 3.41. The monoisotopic (exact) mass is 510 g/mol. The van der Waals surface area contributed by atoms with Gasteiger partial charge in [-0.15, -0.1) is 0 Å². The van der Waals surface area contributed by atoms with Gasteiger partial charge in [0.15, 0.2) is 0 Å². The van der Waals surface area contributed by atoms with Gasteiger partial charge in [-0.25, -0.2) is 4.39 Å². The highest BCUT2D eigenvalue weighted by Crippen LogP contribution is 2.38. The van der Waals surface area contributed by atoms with Crippen LogP contribution in [0.5, 0.6) is 11.5 Å². The number of hydrogen-bond acceptors (Lipinski definition) is 5. The summed E-state index contributed by atoms with van der Waals surface area (Å²) in [6.07, 6.45) is 5.17. The van der Waals surface area contributed by atoms with Crippen molar-refractivity contribution in [1.29, 1.82) is 0 Å². The molecule has 1 heterocycles. The maximum Gasteiger partial charge on any atom is 0.248 e. The molecule has 1 aliphatic carbocycles. The first kappa shape index (κ1) is 25.7. The van der Waals surface area contributed by atoms with Crippen molar-refractivity contribution in [2.45, 2.75) is 50.6 Å². The summed E-state index contributed by atoms with van der Waals surface area (Å²) in [5, 5.41) is 6.99. The number of methoxy groups -OCH3 is 2. The molecular formula is C28H31FN2O4S. The molecule has 6 nitrogen and oxygen atoms in total. The van der Waals surface area contributed by atoms with Crippen LogP contribution in [-0.4, -0.2) is 32.1 Å². The molecule has 1 fully saturated rings. The number of thiophene rings is 1. The summed E-state index contributed by atoms with van der Waals surface area (Å²) in [6.45, 7) is 0. The summed E-state index contributed by atoms with van der Waals surface area (Å²) in [4.78, 5) is 29.3. The normalized spacial score (nSPS) is 14.6. The number of ether oxygens (including phenoxy) is 2. The standard InChI is InChI=1S/C28H31FN2O4S/c1-34-23-12-13-24(25(17-23)35-2)31(26(32)16-19-14-15-36-18-19)27(20-8-10-21(29)11-9-20)28(33)30-22-6-4-3-5-7-22/h8-15,17-18,22,27H,3-7,16H2,1-2H3,(H,30,33). The van der Waals surface area contributed by atoms with Crippen LogP contribution in [-0.2, 0) is 16.0 Å². The maximum absolute atomic E-state index is 13.9. The predicted octanol–water partition coefficient (Wildman–Crippen LogP) is 5.67. The predicted molar refractivity (Wildman–Crippen MR) is 139 cm³/mol. The Balaban J connectivity index is 1.80. The number of hydrogen-bond donors (Lipinski definition) is 1. The van der Waals surface area contributed by atoms with Crippen molar-refractivity contribution < 1.29 is 23.5 Å². The van der Waals surface area contributed by atoms with Gasteiger partial charge in [-0.1, -0.05) is 31.4 Å². The molecule has 4 rings (SSSR count). The Morgan fingerprint density at radius 2 is 1.81 bits per heavy atom. The largest absolute Gasteiger partial charge is 0.497 e. The number of anilines is 1. The number of benzene rings is 2. The minimum Gasteiger partial charge on any atom is -0.497 e. The third-order valence-corrected chi connectivity index (χ3v) is 7.23. The second-order valence-corrected chi connectivity index (χ2v) is 9.69. The highest BCUT2D eigenvalue weighted by Gasteiger charge is 2.35. The Hall–Kier alpha value is -3.39. The first-order valence-electron chi connectivity index (χ1n) is 12.1. The van der Waals surface area contributed by atoms with Crippen LogP contribution in [0.15, 0.2) is 59.3 Å². The van der Waals surface area contributed by atoms with Gasteiger partial charge in [0, 0.05) is 12.1 Å². The van der Waals surface area contributed by atoms with Crippen LogP contribution in [0.1, 0.15) is 49.3 Å². The summed E-state index contributed by atoms with van der Waals surface area (Å²) >= 11 is 1.50. The Bertz CT molecular complexity index is 1160. The second-order valence-electron chi connectivity index (χ2n) is 8.91. The van der Waals surface area contributed by atoms with E-state index in [4.69, 9.17) is 9.47 Å². The zero-order valence-electron chi connectivity index (χ0n) is 20.5. The van der Waals surface area contributed by atoms with Gasteiger partial charge in [0.2, 0.25) is 11.8 Å². The highest BCUT2D eigenvalue weighted by molar-refractivity contribution is 7.08. The van der Waals surface area contributed by atoms with Crippen molar-refractivity contribution in [3.8, 4) is 11.5 Å². The Labute approximate surface area is 215 Å². The summed E-state index contributed by atoms with van der Waals surface area (Å²) < 4.78 is 24.8. The van der Waals surface area contributed by atoms with E-state index in [1.54, 1.807) is 37.4 Å². The number of rotatable bonds is 9. The Kier molecular flexibility index (Phi) is 8.59. The minimum atomic E-state index is -1.01. The highest BCUT2D eigenvalue weighted by atomic mass is 32.1. The molecule has 1 aliphatic rings. The van der Waals surface area contributed by atoms with E-state index < -0.39 is 11.9 Å². The van der Waals surface area contributed by atoms with Crippen molar-refractivity contribution in [2.24, 2.45) is 0 Å². The molecule has 1 atom stereocenters. The molecule has 36 heavy (non-hydrogen) atoms. The smallest absolute Gasteiger partial charge is 0.248 e. The third-order valence-electron chi connectivity index (χ3n) is 6.49. The summed E-state index contributed by atoms with van der Waals surface area (Å²) in [5.41, 5.74) is 1.81. The topological polar surface area (TPSA) is 67.9 Å². The Morgan fingerprint density at radius 3 is 2.44 bits per heavy atom. The van der Waals surface area contributed by atoms with Crippen LogP contribution in [0, 0.1) is 5.82 Å². The van der Waals surface area contributed by atoms with Crippen LogP contribution in [0.25, 0.3) is 0 Å². The minimum absolute atomic E-state index is 0.0424. The van der Waals surface area contributed by atoms with Crippen LogP contribution in [0.4, 0.5) is 10.1 Å². The van der Waals surface area contributed by atoms with Crippen molar-refractivity contribution >= 4 is 28.8 Å². The lowest BCUT2D eigenvalue weighted by Crippen LogP contribution is -2.47. The molecular weight excluding hydrogens is 479 g/mol. The fraction of sp³-hybridized carbons (Fsp3) is 0.357. The molecule has 0 bridgehead atoms. The van der Waals surface area contributed by atoms with E-state index in [-0.39, 0.29) is 24.3 Å². The summed E-state index contributed by atoms with van der Waals surface area (Å²) in [7, 11) is 3.06. The SMILES string of the molecule is COc1ccc(N(C(=O)Cc2ccsc2)C(C(=O)NC2CCCCC2)c2ccc(F)cc2)c(OC)c1. The maximum atomic E-state index is 13.9. The van der Waals surface area contributed by atoms with Crippen molar-refractivity contribution in [3.05, 3.63) is 76.2 Å². The molecule has 1 N–H and O–H groups in total. The van der Waals surface area contributed by atoms with E-state index in [0.717, 1.165) is 37.7 Å². The van der Waals surface area contributed by atoms with E-state index in [0.29, 0.717) is 22.7 Å². The molecule has 2 aromatic carbocycles. The van der Waals surface area contributed by atoms with Gasteiger partial charge in [-0.3, -0.25) is 14.5 Å². The molecule has 0 spiro atoms. The molecule has 8 heteroatoms. The zero-order valence-corrected chi connectivity index (χ0v) is 21.4. The number of nitrogens with one attached hydrogen (secondary N) is 1. The van der Waals surface area contributed by atoms with E-state index in [1.807, 2.05) is 16.8 Å². The average molecular weight is 511 g/mol. The zero-order chi connectivity index (χ0) is 25.5. The lowest BCUT2D eigenvalue weighted by atomic mass is 9.94. The lowest BCUT2D eigenvalue weighted by Gasteiger charge is -2.34. The molecule has 2 amide bonds. The van der Waals surface area contributed by atoms with Gasteiger partial charge in [0.25, 0.3) is 0 Å². The van der Waals surface area contributed by atoms with E-state index >= 15 is 0 Å². The fourth-order valence-electron chi connectivity index (χ4n) is 4.64. The van der Waals surface area contributed by atoms with Crippen molar-refractivity contribution in [2.75, 3.05) is 19.1 Å². The third kappa shape index (κ3) is 6.05. The van der Waals surface area contributed by atoms with Gasteiger partial charge in [-0.05, 0) is 65.1 Å². The molecule has 0 radical (unpaired) electrons. The van der Waals surface area contributed by atoms with Crippen LogP contribution in [0.2, 0.25) is 0 Å². The van der Waals surface area contributed by atoms with Gasteiger partial charge < -0.3 is 14.8 Å². The van der Waals surface area contributed by atoms with Gasteiger partial charge >= 0.3 is 0 Å². The number of carbonyl (C=O) groups is 2. The van der Waals surface area contributed by atoms with Crippen LogP contribution < -0.4 is 19.7 Å². The van der Waals surface area contributed by atoms with E-state index in [9.17, 15) is 14.0 Å². The fourth-order valence-corrected chi connectivity index (χ4v) is 5.31. The van der Waals surface area contributed by atoms with Gasteiger partial charge in [0.1, 0.15) is 23.4 Å². The quantitative estimate of drug-likeness (QED) is 0.403. The number of nitrogens with zero attached hydrogens (tertiary/aromatic N) is 1. The Morgan fingerprint density at radius 1 is 1.06 bits per heavy atom. The van der Waals surface area contributed by atoms with E-state index in [1.165, 1.54) is 35.5 Å². The van der Waals surface area contributed by atoms with Crippen molar-refractivity contribution in [3.63, 3.8) is 0 Å².